The molecule has 3 heteroatoms. The van der Waals surface area contributed by atoms with Crippen LogP contribution in [-0.2, 0) is 0 Å². The van der Waals surface area contributed by atoms with Crippen molar-refractivity contribution in [3.8, 4) is 0 Å². The predicted octanol–water partition coefficient (Wildman–Crippen LogP) is 3.07. The first-order valence-corrected chi connectivity index (χ1v) is 6.12. The zero-order valence-corrected chi connectivity index (χ0v) is 11.1. The normalized spacial score (nSPS) is 10.6. The van der Waals surface area contributed by atoms with Gasteiger partial charge in [-0.1, -0.05) is 47.5 Å². The molecule has 0 radical (unpaired) electrons. The van der Waals surface area contributed by atoms with Gasteiger partial charge in [-0.25, -0.2) is 5.43 Å². The minimum Gasteiger partial charge on any atom is -0.267 e. The van der Waals surface area contributed by atoms with Gasteiger partial charge in [-0.15, -0.1) is 0 Å². The van der Waals surface area contributed by atoms with Crippen molar-refractivity contribution in [1.82, 2.24) is 5.43 Å². The minimum absolute atomic E-state index is 0.202. The van der Waals surface area contributed by atoms with Crippen LogP contribution in [0.1, 0.15) is 27.0 Å². The van der Waals surface area contributed by atoms with Gasteiger partial charge in [0.2, 0.25) is 0 Å². The van der Waals surface area contributed by atoms with Crippen molar-refractivity contribution in [3.05, 3.63) is 70.8 Å². The third-order valence-corrected chi connectivity index (χ3v) is 2.74. The van der Waals surface area contributed by atoms with E-state index in [1.165, 1.54) is 5.56 Å². The number of benzene rings is 2. The van der Waals surface area contributed by atoms with Gasteiger partial charge in [0.1, 0.15) is 0 Å². The highest BCUT2D eigenvalue weighted by molar-refractivity contribution is 5.95. The van der Waals surface area contributed by atoms with E-state index in [1.807, 2.05) is 56.3 Å². The molecule has 0 aliphatic carbocycles. The van der Waals surface area contributed by atoms with Crippen LogP contribution in [0.2, 0.25) is 0 Å². The van der Waals surface area contributed by atoms with E-state index in [4.69, 9.17) is 0 Å². The van der Waals surface area contributed by atoms with Crippen molar-refractivity contribution in [1.29, 1.82) is 0 Å². The fraction of sp³-hybridized carbons (Fsp3) is 0.125. The molecular formula is C16H16N2O. The second kappa shape index (κ2) is 5.96. The fourth-order valence-corrected chi connectivity index (χ4v) is 1.67. The summed E-state index contributed by atoms with van der Waals surface area (Å²) in [5.74, 6) is -0.202. The first-order valence-electron chi connectivity index (χ1n) is 6.12. The minimum atomic E-state index is -0.202. The molecule has 19 heavy (non-hydrogen) atoms. The van der Waals surface area contributed by atoms with Gasteiger partial charge >= 0.3 is 0 Å². The van der Waals surface area contributed by atoms with Crippen LogP contribution in [0.4, 0.5) is 0 Å². The largest absolute Gasteiger partial charge is 0.271 e. The van der Waals surface area contributed by atoms with Gasteiger partial charge in [-0.3, -0.25) is 4.79 Å². The number of aryl methyl sites for hydroxylation is 2. The molecular weight excluding hydrogens is 236 g/mol. The average Bonchev–Trinajstić information content (AvgIpc) is 2.41. The molecule has 0 aliphatic rings. The Morgan fingerprint density at radius 1 is 1.05 bits per heavy atom. The summed E-state index contributed by atoms with van der Waals surface area (Å²) in [5, 5.41) is 3.95. The molecule has 3 nitrogen and oxygen atoms in total. The molecule has 2 rings (SSSR count). The zero-order valence-electron chi connectivity index (χ0n) is 11.1. The van der Waals surface area contributed by atoms with Crippen molar-refractivity contribution >= 4 is 12.1 Å². The summed E-state index contributed by atoms with van der Waals surface area (Å²) in [5.41, 5.74) is 6.33. The Balaban J connectivity index is 1.98. The van der Waals surface area contributed by atoms with E-state index in [1.54, 1.807) is 12.3 Å². The van der Waals surface area contributed by atoms with Gasteiger partial charge in [0, 0.05) is 5.56 Å². The molecule has 0 heterocycles. The zero-order chi connectivity index (χ0) is 13.7. The van der Waals surface area contributed by atoms with Crippen LogP contribution >= 0.6 is 0 Å². The molecule has 0 fully saturated rings. The SMILES string of the molecule is Cc1ccc(/C=N\NC(=O)c2cccc(C)c2)cc1. The summed E-state index contributed by atoms with van der Waals surface area (Å²) in [4.78, 5) is 11.8. The molecule has 0 aromatic heterocycles. The Hall–Kier alpha value is -2.42. The van der Waals surface area contributed by atoms with Gasteiger partial charge in [-0.2, -0.15) is 5.10 Å². The number of hydrazone groups is 1. The van der Waals surface area contributed by atoms with E-state index in [2.05, 4.69) is 10.5 Å². The molecule has 0 aliphatic heterocycles. The molecule has 1 N–H and O–H groups in total. The van der Waals surface area contributed by atoms with Gasteiger partial charge < -0.3 is 0 Å². The number of carbonyl (C=O) groups is 1. The third-order valence-electron chi connectivity index (χ3n) is 2.74. The van der Waals surface area contributed by atoms with E-state index < -0.39 is 0 Å². The first-order chi connectivity index (χ1) is 9.15. The monoisotopic (exact) mass is 252 g/mol. The standard InChI is InChI=1S/C16H16N2O/c1-12-6-8-14(9-7-12)11-17-18-16(19)15-5-3-4-13(2)10-15/h3-11H,1-2H3,(H,18,19)/b17-11-. The van der Waals surface area contributed by atoms with Gasteiger partial charge in [0.05, 0.1) is 6.21 Å². The van der Waals surface area contributed by atoms with Crippen LogP contribution in [0.25, 0.3) is 0 Å². The molecule has 0 unspecified atom stereocenters. The molecule has 96 valence electrons. The lowest BCUT2D eigenvalue weighted by Crippen LogP contribution is -2.17. The quantitative estimate of drug-likeness (QED) is 0.662. The molecule has 1 amide bonds. The summed E-state index contributed by atoms with van der Waals surface area (Å²) in [7, 11) is 0. The Morgan fingerprint density at radius 3 is 2.47 bits per heavy atom. The van der Waals surface area contributed by atoms with E-state index in [0.29, 0.717) is 5.56 Å². The lowest BCUT2D eigenvalue weighted by Gasteiger charge is -2.00. The highest BCUT2D eigenvalue weighted by atomic mass is 16.2. The van der Waals surface area contributed by atoms with Crippen LogP contribution in [0.15, 0.2) is 53.6 Å². The van der Waals surface area contributed by atoms with Crippen LogP contribution in [-0.4, -0.2) is 12.1 Å². The Labute approximate surface area is 113 Å². The smallest absolute Gasteiger partial charge is 0.267 e. The maximum Gasteiger partial charge on any atom is 0.271 e. The molecule has 2 aromatic carbocycles. The van der Waals surface area contributed by atoms with Crippen molar-refractivity contribution in [3.63, 3.8) is 0 Å². The maximum atomic E-state index is 11.8. The fourth-order valence-electron chi connectivity index (χ4n) is 1.67. The summed E-state index contributed by atoms with van der Waals surface area (Å²) in [6.07, 6.45) is 1.63. The Bertz CT molecular complexity index is 600. The molecule has 0 saturated heterocycles. The van der Waals surface area contributed by atoms with Crippen molar-refractivity contribution in [2.75, 3.05) is 0 Å². The third kappa shape index (κ3) is 3.78. The molecule has 0 spiro atoms. The number of nitrogens with zero attached hydrogens (tertiary/aromatic N) is 1. The first kappa shape index (κ1) is 13.0. The van der Waals surface area contributed by atoms with Gasteiger partial charge in [0.25, 0.3) is 5.91 Å². The van der Waals surface area contributed by atoms with Crippen LogP contribution < -0.4 is 5.43 Å². The van der Waals surface area contributed by atoms with Crippen LogP contribution in [0.3, 0.4) is 0 Å². The van der Waals surface area contributed by atoms with Gasteiger partial charge in [0.15, 0.2) is 0 Å². The predicted molar refractivity (Wildman–Crippen MR) is 77.4 cm³/mol. The number of amides is 1. The lowest BCUT2D eigenvalue weighted by atomic mass is 10.1. The van der Waals surface area contributed by atoms with E-state index in [-0.39, 0.29) is 5.91 Å². The van der Waals surface area contributed by atoms with Crippen LogP contribution in [0, 0.1) is 13.8 Å². The molecule has 0 atom stereocenters. The van der Waals surface area contributed by atoms with Crippen molar-refractivity contribution < 1.29 is 4.79 Å². The maximum absolute atomic E-state index is 11.8. The van der Waals surface area contributed by atoms with Crippen molar-refractivity contribution in [2.24, 2.45) is 5.10 Å². The molecule has 0 saturated carbocycles. The Morgan fingerprint density at radius 2 is 1.79 bits per heavy atom. The lowest BCUT2D eigenvalue weighted by molar-refractivity contribution is 0.0955. The number of carbonyl (C=O) groups excluding carboxylic acids is 1. The number of hydrogen-bond acceptors (Lipinski definition) is 2. The topological polar surface area (TPSA) is 41.5 Å². The second-order valence-electron chi connectivity index (χ2n) is 4.48. The van der Waals surface area contributed by atoms with Crippen molar-refractivity contribution in [2.45, 2.75) is 13.8 Å². The average molecular weight is 252 g/mol. The highest BCUT2D eigenvalue weighted by Crippen LogP contribution is 2.03. The van der Waals surface area contributed by atoms with E-state index >= 15 is 0 Å². The molecule has 2 aromatic rings. The number of hydrogen-bond donors (Lipinski definition) is 1. The summed E-state index contributed by atoms with van der Waals surface area (Å²) >= 11 is 0. The molecule has 0 bridgehead atoms. The van der Waals surface area contributed by atoms with Crippen LogP contribution in [0.5, 0.6) is 0 Å². The highest BCUT2D eigenvalue weighted by Gasteiger charge is 2.02. The van der Waals surface area contributed by atoms with E-state index in [9.17, 15) is 4.79 Å². The summed E-state index contributed by atoms with van der Waals surface area (Å²) < 4.78 is 0. The summed E-state index contributed by atoms with van der Waals surface area (Å²) in [6.45, 7) is 3.98. The van der Waals surface area contributed by atoms with E-state index in [0.717, 1.165) is 11.1 Å². The number of nitrogens with one attached hydrogen (secondary N) is 1. The summed E-state index contributed by atoms with van der Waals surface area (Å²) in [6, 6.07) is 15.3. The van der Waals surface area contributed by atoms with Gasteiger partial charge in [-0.05, 0) is 31.5 Å². The second-order valence-corrected chi connectivity index (χ2v) is 4.48. The Kier molecular flexibility index (Phi) is 4.08. The number of rotatable bonds is 3.